The van der Waals surface area contributed by atoms with Gasteiger partial charge in [0, 0.05) is 18.7 Å². The van der Waals surface area contributed by atoms with Gasteiger partial charge in [-0.15, -0.1) is 0 Å². The first-order valence-electron chi connectivity index (χ1n) is 6.17. The molecule has 0 bridgehead atoms. The molecule has 0 aliphatic rings. The summed E-state index contributed by atoms with van der Waals surface area (Å²) in [6.45, 7) is 5.78. The Labute approximate surface area is 117 Å². The van der Waals surface area contributed by atoms with Crippen LogP contribution in [-0.4, -0.2) is 41.0 Å². The van der Waals surface area contributed by atoms with E-state index in [1.54, 1.807) is 0 Å². The van der Waals surface area contributed by atoms with E-state index in [1.807, 2.05) is 7.05 Å². The maximum absolute atomic E-state index is 10.8. The highest BCUT2D eigenvalue weighted by molar-refractivity contribution is 6.29. The molecule has 0 atom stereocenters. The molecule has 1 aromatic heterocycles. The average Bonchev–Trinajstić information content (AvgIpc) is 2.33. The van der Waals surface area contributed by atoms with Crippen LogP contribution in [0.4, 0.5) is 11.5 Å². The summed E-state index contributed by atoms with van der Waals surface area (Å²) in [6.07, 6.45) is 0.875. The van der Waals surface area contributed by atoms with E-state index in [0.717, 1.165) is 13.0 Å². The van der Waals surface area contributed by atoms with Gasteiger partial charge < -0.3 is 10.2 Å². The highest BCUT2D eigenvalue weighted by Gasteiger charge is 2.15. The Morgan fingerprint density at radius 1 is 1.53 bits per heavy atom. The van der Waals surface area contributed by atoms with Gasteiger partial charge in [0.15, 0.2) is 0 Å². The van der Waals surface area contributed by atoms with Crippen LogP contribution in [0.5, 0.6) is 0 Å². The number of halogens is 1. The van der Waals surface area contributed by atoms with E-state index < -0.39 is 4.92 Å². The highest BCUT2D eigenvalue weighted by atomic mass is 35.5. The van der Waals surface area contributed by atoms with Crippen molar-refractivity contribution in [1.29, 1.82) is 0 Å². The van der Waals surface area contributed by atoms with Gasteiger partial charge in [0.05, 0.1) is 4.92 Å². The first kappa shape index (κ1) is 15.7. The van der Waals surface area contributed by atoms with Crippen LogP contribution in [0.3, 0.4) is 0 Å². The zero-order valence-electron chi connectivity index (χ0n) is 11.4. The lowest BCUT2D eigenvalue weighted by atomic mass is 10.3. The van der Waals surface area contributed by atoms with Crippen LogP contribution in [0.1, 0.15) is 20.3 Å². The van der Waals surface area contributed by atoms with Crippen molar-refractivity contribution >= 4 is 23.1 Å². The van der Waals surface area contributed by atoms with Crippen LogP contribution in [0.2, 0.25) is 5.15 Å². The van der Waals surface area contributed by atoms with Gasteiger partial charge in [-0.05, 0) is 39.9 Å². The first-order valence-corrected chi connectivity index (χ1v) is 6.54. The molecule has 0 aliphatic heterocycles. The Bertz CT molecular complexity index is 440. The number of hydrogen-bond acceptors (Lipinski definition) is 5. The molecule has 0 saturated heterocycles. The molecule has 19 heavy (non-hydrogen) atoms. The molecule has 7 heteroatoms. The Morgan fingerprint density at radius 2 is 2.21 bits per heavy atom. The lowest BCUT2D eigenvalue weighted by Crippen LogP contribution is -2.28. The molecule has 1 N–H and O–H groups in total. The lowest BCUT2D eigenvalue weighted by Gasteiger charge is -2.20. The molecule has 0 amide bonds. The molecule has 1 aromatic rings. The Morgan fingerprint density at radius 3 is 2.79 bits per heavy atom. The Balaban J connectivity index is 2.53. The zero-order chi connectivity index (χ0) is 14.4. The van der Waals surface area contributed by atoms with Crippen molar-refractivity contribution in [2.24, 2.45) is 0 Å². The summed E-state index contributed by atoms with van der Waals surface area (Å²) in [6, 6.07) is 3.26. The van der Waals surface area contributed by atoms with E-state index >= 15 is 0 Å². The normalized spacial score (nSPS) is 11.1. The summed E-state index contributed by atoms with van der Waals surface area (Å²) >= 11 is 5.74. The molecule has 0 aliphatic carbocycles. The number of nitrogens with zero attached hydrogens (tertiary/aromatic N) is 3. The molecule has 0 spiro atoms. The molecule has 1 rings (SSSR count). The third-order valence-corrected chi connectivity index (χ3v) is 3.11. The van der Waals surface area contributed by atoms with Gasteiger partial charge >= 0.3 is 5.69 Å². The van der Waals surface area contributed by atoms with Crippen molar-refractivity contribution in [3.05, 3.63) is 27.4 Å². The number of anilines is 1. The van der Waals surface area contributed by atoms with Crippen LogP contribution in [0.25, 0.3) is 0 Å². The Hall–Kier alpha value is -1.40. The van der Waals surface area contributed by atoms with Crippen molar-refractivity contribution in [3.63, 3.8) is 0 Å². The molecule has 1 heterocycles. The third-order valence-electron chi connectivity index (χ3n) is 2.90. The van der Waals surface area contributed by atoms with Crippen molar-refractivity contribution < 1.29 is 4.92 Å². The van der Waals surface area contributed by atoms with Crippen LogP contribution in [-0.2, 0) is 0 Å². The molecular weight excluding hydrogens is 268 g/mol. The second-order valence-electron chi connectivity index (χ2n) is 4.61. The fourth-order valence-electron chi connectivity index (χ4n) is 1.50. The SMILES string of the molecule is CC(C)N(C)CCCNc1nc(Cl)ccc1[N+](=O)[O-]. The van der Waals surface area contributed by atoms with E-state index in [-0.39, 0.29) is 16.7 Å². The predicted molar refractivity (Wildman–Crippen MR) is 76.8 cm³/mol. The molecule has 0 saturated carbocycles. The fraction of sp³-hybridized carbons (Fsp3) is 0.583. The smallest absolute Gasteiger partial charge is 0.311 e. The van der Waals surface area contributed by atoms with Crippen molar-refractivity contribution in [3.8, 4) is 0 Å². The number of hydrogen-bond donors (Lipinski definition) is 1. The second-order valence-corrected chi connectivity index (χ2v) is 5.00. The molecule has 0 fully saturated rings. The van der Waals surface area contributed by atoms with E-state index in [9.17, 15) is 10.1 Å². The molecule has 0 aromatic carbocycles. The Kier molecular flexibility index (Phi) is 5.98. The number of nitrogens with one attached hydrogen (secondary N) is 1. The number of rotatable bonds is 7. The monoisotopic (exact) mass is 286 g/mol. The molecule has 6 nitrogen and oxygen atoms in total. The minimum absolute atomic E-state index is 0.0541. The van der Waals surface area contributed by atoms with E-state index in [2.05, 4.69) is 29.0 Å². The van der Waals surface area contributed by atoms with E-state index in [1.165, 1.54) is 12.1 Å². The minimum atomic E-state index is -0.466. The summed E-state index contributed by atoms with van der Waals surface area (Å²) in [7, 11) is 2.05. The predicted octanol–water partition coefficient (Wildman–Crippen LogP) is 2.79. The van der Waals surface area contributed by atoms with Gasteiger partial charge in [0.2, 0.25) is 5.82 Å². The van der Waals surface area contributed by atoms with Gasteiger partial charge in [-0.25, -0.2) is 4.98 Å². The van der Waals surface area contributed by atoms with Crippen LogP contribution in [0, 0.1) is 10.1 Å². The maximum atomic E-state index is 10.8. The molecule has 106 valence electrons. The summed E-state index contributed by atoms with van der Waals surface area (Å²) in [5.74, 6) is 0.227. The van der Waals surface area contributed by atoms with Crippen LogP contribution < -0.4 is 5.32 Å². The number of aromatic nitrogens is 1. The number of pyridine rings is 1. The summed E-state index contributed by atoms with van der Waals surface area (Å²) < 4.78 is 0. The van der Waals surface area contributed by atoms with Gasteiger partial charge in [0.1, 0.15) is 5.15 Å². The minimum Gasteiger partial charge on any atom is -0.364 e. The van der Waals surface area contributed by atoms with Gasteiger partial charge in [0.25, 0.3) is 0 Å². The largest absolute Gasteiger partial charge is 0.364 e. The number of nitro groups is 1. The van der Waals surface area contributed by atoms with Crippen LogP contribution in [0.15, 0.2) is 12.1 Å². The fourth-order valence-corrected chi connectivity index (χ4v) is 1.65. The maximum Gasteiger partial charge on any atom is 0.311 e. The highest BCUT2D eigenvalue weighted by Crippen LogP contribution is 2.23. The summed E-state index contributed by atoms with van der Waals surface area (Å²) in [4.78, 5) is 16.5. The summed E-state index contributed by atoms with van der Waals surface area (Å²) in [5, 5.41) is 14.0. The van der Waals surface area contributed by atoms with E-state index in [4.69, 9.17) is 11.6 Å². The standard InChI is InChI=1S/C12H19ClN4O2/c1-9(2)16(3)8-4-7-14-12-10(17(18)19)5-6-11(13)15-12/h5-6,9H,4,7-8H2,1-3H3,(H,14,15). The zero-order valence-corrected chi connectivity index (χ0v) is 12.1. The van der Waals surface area contributed by atoms with Crippen molar-refractivity contribution in [2.75, 3.05) is 25.5 Å². The quantitative estimate of drug-likeness (QED) is 0.361. The molecule has 0 unspecified atom stereocenters. The van der Waals surface area contributed by atoms with Gasteiger partial charge in [-0.2, -0.15) is 0 Å². The van der Waals surface area contributed by atoms with Crippen molar-refractivity contribution in [1.82, 2.24) is 9.88 Å². The average molecular weight is 287 g/mol. The molecule has 0 radical (unpaired) electrons. The third kappa shape index (κ3) is 5.00. The first-order chi connectivity index (χ1) is 8.91. The second kappa shape index (κ2) is 7.25. The van der Waals surface area contributed by atoms with Crippen LogP contribution >= 0.6 is 11.6 Å². The van der Waals surface area contributed by atoms with Gasteiger partial charge in [-0.1, -0.05) is 11.6 Å². The summed E-state index contributed by atoms with van der Waals surface area (Å²) in [5.41, 5.74) is -0.0541. The molecular formula is C12H19ClN4O2. The van der Waals surface area contributed by atoms with Gasteiger partial charge in [-0.3, -0.25) is 10.1 Å². The topological polar surface area (TPSA) is 71.3 Å². The lowest BCUT2D eigenvalue weighted by molar-refractivity contribution is -0.384. The van der Waals surface area contributed by atoms with E-state index in [0.29, 0.717) is 12.6 Å². The van der Waals surface area contributed by atoms with Crippen molar-refractivity contribution in [2.45, 2.75) is 26.3 Å².